The zero-order valence-corrected chi connectivity index (χ0v) is 10.8. The van der Waals surface area contributed by atoms with E-state index in [-0.39, 0.29) is 12.1 Å². The molecule has 4 heteroatoms. The van der Waals surface area contributed by atoms with E-state index in [4.69, 9.17) is 5.11 Å². The number of aliphatic hydroxyl groups is 1. The number of nitrogens with zero attached hydrogens (tertiary/aromatic N) is 2. The lowest BCUT2D eigenvalue weighted by molar-refractivity contribution is 0.252. The SMILES string of the molecule is CCC(C)(CCO)Nc1cnnc2ccccc12. The van der Waals surface area contributed by atoms with Crippen LogP contribution in [-0.4, -0.2) is 27.4 Å². The van der Waals surface area contributed by atoms with Crippen LogP contribution in [0.3, 0.4) is 0 Å². The molecular weight excluding hydrogens is 226 g/mol. The van der Waals surface area contributed by atoms with Crippen molar-refractivity contribution < 1.29 is 5.11 Å². The molecule has 18 heavy (non-hydrogen) atoms. The molecular formula is C14H19N3O. The molecule has 0 radical (unpaired) electrons. The van der Waals surface area contributed by atoms with Crippen LogP contribution in [0.4, 0.5) is 5.69 Å². The third-order valence-corrected chi connectivity index (χ3v) is 3.43. The number of hydrogen-bond donors (Lipinski definition) is 2. The quantitative estimate of drug-likeness (QED) is 0.850. The van der Waals surface area contributed by atoms with Crippen LogP contribution in [-0.2, 0) is 0 Å². The number of aliphatic hydroxyl groups excluding tert-OH is 1. The summed E-state index contributed by atoms with van der Waals surface area (Å²) in [5.41, 5.74) is 1.73. The highest BCUT2D eigenvalue weighted by atomic mass is 16.3. The minimum atomic E-state index is -0.124. The van der Waals surface area contributed by atoms with E-state index in [0.717, 1.165) is 23.0 Å². The number of aromatic nitrogens is 2. The number of hydrogen-bond acceptors (Lipinski definition) is 4. The highest BCUT2D eigenvalue weighted by molar-refractivity contribution is 5.90. The highest BCUT2D eigenvalue weighted by Crippen LogP contribution is 2.26. The summed E-state index contributed by atoms with van der Waals surface area (Å²) in [6, 6.07) is 7.92. The minimum Gasteiger partial charge on any atom is -0.396 e. The smallest absolute Gasteiger partial charge is 0.0950 e. The molecule has 1 atom stereocenters. The first-order chi connectivity index (χ1) is 8.68. The van der Waals surface area contributed by atoms with Gasteiger partial charge in [0.05, 0.1) is 17.4 Å². The second kappa shape index (κ2) is 5.31. The zero-order chi connectivity index (χ0) is 13.0. The fourth-order valence-corrected chi connectivity index (χ4v) is 2.01. The van der Waals surface area contributed by atoms with E-state index in [9.17, 15) is 0 Å². The third-order valence-electron chi connectivity index (χ3n) is 3.43. The van der Waals surface area contributed by atoms with E-state index in [2.05, 4.69) is 29.4 Å². The largest absolute Gasteiger partial charge is 0.396 e. The molecule has 1 heterocycles. The van der Waals surface area contributed by atoms with Gasteiger partial charge in [-0.15, -0.1) is 0 Å². The number of benzene rings is 1. The Labute approximate surface area is 107 Å². The van der Waals surface area contributed by atoms with Gasteiger partial charge in [-0.2, -0.15) is 10.2 Å². The summed E-state index contributed by atoms with van der Waals surface area (Å²) in [6.45, 7) is 4.39. The Kier molecular flexibility index (Phi) is 3.77. The molecule has 0 aliphatic heterocycles. The second-order valence-electron chi connectivity index (χ2n) is 4.79. The topological polar surface area (TPSA) is 58.0 Å². The first-order valence-corrected chi connectivity index (χ1v) is 6.28. The van der Waals surface area contributed by atoms with Crippen molar-refractivity contribution in [2.75, 3.05) is 11.9 Å². The van der Waals surface area contributed by atoms with Crippen LogP contribution in [0.1, 0.15) is 26.7 Å². The van der Waals surface area contributed by atoms with E-state index in [0.29, 0.717) is 6.42 Å². The maximum atomic E-state index is 9.16. The van der Waals surface area contributed by atoms with Crippen molar-refractivity contribution >= 4 is 16.6 Å². The summed E-state index contributed by atoms with van der Waals surface area (Å²) in [4.78, 5) is 0. The number of rotatable bonds is 5. The molecule has 0 bridgehead atoms. The van der Waals surface area contributed by atoms with Gasteiger partial charge in [-0.25, -0.2) is 0 Å². The van der Waals surface area contributed by atoms with Gasteiger partial charge < -0.3 is 10.4 Å². The normalized spacial score (nSPS) is 14.4. The molecule has 0 fully saturated rings. The Morgan fingerprint density at radius 2 is 2.11 bits per heavy atom. The Hall–Kier alpha value is -1.68. The van der Waals surface area contributed by atoms with Gasteiger partial charge in [0.15, 0.2) is 0 Å². The summed E-state index contributed by atoms with van der Waals surface area (Å²) in [6.07, 6.45) is 3.39. The van der Waals surface area contributed by atoms with E-state index in [1.807, 2.05) is 24.3 Å². The van der Waals surface area contributed by atoms with Crippen molar-refractivity contribution in [2.24, 2.45) is 0 Å². The van der Waals surface area contributed by atoms with Crippen LogP contribution in [0.5, 0.6) is 0 Å². The van der Waals surface area contributed by atoms with Gasteiger partial charge in [-0.05, 0) is 25.8 Å². The standard InChI is InChI=1S/C14H19N3O/c1-3-14(2,8-9-18)16-13-10-15-17-12-7-5-4-6-11(12)13/h4-7,10,18H,3,8-9H2,1-2H3,(H,16,17). The maximum absolute atomic E-state index is 9.16. The van der Waals surface area contributed by atoms with Crippen molar-refractivity contribution in [3.05, 3.63) is 30.5 Å². The zero-order valence-electron chi connectivity index (χ0n) is 10.8. The van der Waals surface area contributed by atoms with E-state index < -0.39 is 0 Å². The molecule has 2 N–H and O–H groups in total. The lowest BCUT2D eigenvalue weighted by Gasteiger charge is -2.30. The summed E-state index contributed by atoms with van der Waals surface area (Å²) < 4.78 is 0. The molecule has 0 spiro atoms. The Morgan fingerprint density at radius 1 is 1.33 bits per heavy atom. The fourth-order valence-electron chi connectivity index (χ4n) is 2.01. The predicted octanol–water partition coefficient (Wildman–Crippen LogP) is 2.59. The molecule has 1 unspecified atom stereocenters. The average molecular weight is 245 g/mol. The monoisotopic (exact) mass is 245 g/mol. The molecule has 2 rings (SSSR count). The van der Waals surface area contributed by atoms with Crippen LogP contribution >= 0.6 is 0 Å². The minimum absolute atomic E-state index is 0.124. The van der Waals surface area contributed by atoms with Crippen molar-refractivity contribution in [3.8, 4) is 0 Å². The van der Waals surface area contributed by atoms with Gasteiger partial charge in [-0.1, -0.05) is 25.1 Å². The molecule has 96 valence electrons. The molecule has 0 aliphatic rings. The summed E-state index contributed by atoms with van der Waals surface area (Å²) >= 11 is 0. The van der Waals surface area contributed by atoms with Crippen molar-refractivity contribution in [3.63, 3.8) is 0 Å². The fraction of sp³-hybridized carbons (Fsp3) is 0.429. The van der Waals surface area contributed by atoms with E-state index >= 15 is 0 Å². The van der Waals surface area contributed by atoms with E-state index in [1.165, 1.54) is 0 Å². The summed E-state index contributed by atoms with van der Waals surface area (Å²) in [5, 5.41) is 21.8. The Balaban J connectivity index is 2.36. The van der Waals surface area contributed by atoms with Crippen molar-refractivity contribution in [1.82, 2.24) is 10.2 Å². The van der Waals surface area contributed by atoms with Gasteiger partial charge in [-0.3, -0.25) is 0 Å². The van der Waals surface area contributed by atoms with Crippen LogP contribution in [0, 0.1) is 0 Å². The predicted molar refractivity (Wildman–Crippen MR) is 73.6 cm³/mol. The second-order valence-corrected chi connectivity index (χ2v) is 4.79. The van der Waals surface area contributed by atoms with Crippen LogP contribution in [0.2, 0.25) is 0 Å². The van der Waals surface area contributed by atoms with Crippen LogP contribution in [0.15, 0.2) is 30.5 Å². The summed E-state index contributed by atoms with van der Waals surface area (Å²) in [7, 11) is 0. The Bertz CT molecular complexity index is 524. The average Bonchev–Trinajstić information content (AvgIpc) is 2.39. The third kappa shape index (κ3) is 2.59. The van der Waals surface area contributed by atoms with Crippen LogP contribution < -0.4 is 5.32 Å². The molecule has 0 saturated heterocycles. The molecule has 0 aliphatic carbocycles. The molecule has 0 saturated carbocycles. The van der Waals surface area contributed by atoms with Gasteiger partial charge in [0.1, 0.15) is 0 Å². The molecule has 0 amide bonds. The first kappa shape index (κ1) is 12.8. The van der Waals surface area contributed by atoms with Crippen LogP contribution in [0.25, 0.3) is 10.9 Å². The van der Waals surface area contributed by atoms with Gasteiger partial charge in [0, 0.05) is 17.5 Å². The Morgan fingerprint density at radius 3 is 2.83 bits per heavy atom. The summed E-state index contributed by atoms with van der Waals surface area (Å²) in [5.74, 6) is 0. The van der Waals surface area contributed by atoms with Gasteiger partial charge in [0.2, 0.25) is 0 Å². The molecule has 2 aromatic rings. The number of fused-ring (bicyclic) bond motifs is 1. The molecule has 4 nitrogen and oxygen atoms in total. The van der Waals surface area contributed by atoms with Gasteiger partial charge >= 0.3 is 0 Å². The van der Waals surface area contributed by atoms with Gasteiger partial charge in [0.25, 0.3) is 0 Å². The number of anilines is 1. The van der Waals surface area contributed by atoms with Crippen molar-refractivity contribution in [1.29, 1.82) is 0 Å². The number of nitrogens with one attached hydrogen (secondary N) is 1. The molecule has 1 aromatic heterocycles. The maximum Gasteiger partial charge on any atom is 0.0950 e. The molecule has 1 aromatic carbocycles. The van der Waals surface area contributed by atoms with E-state index in [1.54, 1.807) is 6.20 Å². The highest BCUT2D eigenvalue weighted by Gasteiger charge is 2.21. The van der Waals surface area contributed by atoms with Crippen molar-refractivity contribution in [2.45, 2.75) is 32.2 Å². The lowest BCUT2D eigenvalue weighted by atomic mass is 9.94. The lowest BCUT2D eigenvalue weighted by Crippen LogP contribution is -2.35. The first-order valence-electron chi connectivity index (χ1n) is 6.28.